The van der Waals surface area contributed by atoms with Crippen molar-refractivity contribution in [2.45, 2.75) is 0 Å². The Labute approximate surface area is 425 Å². The van der Waals surface area contributed by atoms with Crippen molar-refractivity contribution in [2.24, 2.45) is 0 Å². The molecule has 9 aromatic carbocycles. The van der Waals surface area contributed by atoms with E-state index in [2.05, 4.69) is 180 Å². The fraction of sp³-hybridized carbons (Fsp3) is 0.0625. The van der Waals surface area contributed by atoms with Crippen LogP contribution in [0.1, 0.15) is 44.5 Å². The molecule has 2 aromatic heterocycles. The smallest absolute Gasteiger partial charge is 0.497 e. The van der Waals surface area contributed by atoms with Crippen LogP contribution in [0.5, 0.6) is 23.0 Å². The molecule has 11 aromatic rings. The molecule has 7 nitrogen and oxygen atoms in total. The zero-order valence-corrected chi connectivity index (χ0v) is 42.0. The number of benzene rings is 9. The van der Waals surface area contributed by atoms with E-state index in [-0.39, 0.29) is 15.0 Å². The number of fused-ring (bicyclic) bond motifs is 3. The van der Waals surface area contributed by atoms with Crippen LogP contribution < -0.4 is 18.9 Å². The maximum atomic E-state index is 5.57. The van der Waals surface area contributed by atoms with E-state index in [9.17, 15) is 0 Å². The summed E-state index contributed by atoms with van der Waals surface area (Å²) >= 11 is -0.237. The summed E-state index contributed by atoms with van der Waals surface area (Å²) in [7, 11) is 6.78. The minimum atomic E-state index is -0.237. The normalized spacial score (nSPS) is 11.1. The van der Waals surface area contributed by atoms with Gasteiger partial charge in [0.2, 0.25) is 0 Å². The molecule has 0 saturated carbocycles. The first-order valence-electron chi connectivity index (χ1n) is 23.7. The molecule has 0 aliphatic heterocycles. The molecule has 0 N–H and O–H groups in total. The van der Waals surface area contributed by atoms with E-state index in [0.717, 1.165) is 129 Å². The van der Waals surface area contributed by atoms with Crippen molar-refractivity contribution in [2.75, 3.05) is 28.4 Å². The molecule has 2 heterocycles. The zero-order valence-electron chi connectivity index (χ0n) is 40.2. The topological polar surface area (TPSA) is 67.6 Å². The predicted molar refractivity (Wildman–Crippen MR) is 294 cm³/mol. The zero-order chi connectivity index (χ0) is 49.0. The van der Waals surface area contributed by atoms with Crippen LogP contribution in [-0.2, 0) is 0 Å². The van der Waals surface area contributed by atoms with Crippen molar-refractivity contribution in [1.29, 1.82) is 0 Å². The molecule has 0 unspecified atom stereocenters. The molecule has 0 saturated heterocycles. The Kier molecular flexibility index (Phi) is 12.9. The fourth-order valence-corrected chi connectivity index (χ4v) is 10.8. The van der Waals surface area contributed by atoms with Gasteiger partial charge in [-0.15, -0.1) is 0 Å². The number of hydrogen-bond acceptors (Lipinski definition) is 6. The van der Waals surface area contributed by atoms with Crippen LogP contribution in [0.4, 0.5) is 0 Å². The molecular formula is C64H49N3O4Se. The molecule has 0 atom stereocenters. The van der Waals surface area contributed by atoms with Crippen LogP contribution in [0.15, 0.2) is 224 Å². The Hall–Kier alpha value is -8.68. The van der Waals surface area contributed by atoms with E-state index in [1.54, 1.807) is 28.4 Å². The third kappa shape index (κ3) is 8.90. The molecule has 0 aliphatic rings. The van der Waals surface area contributed by atoms with E-state index >= 15 is 0 Å². The van der Waals surface area contributed by atoms with Gasteiger partial charge in [-0.25, -0.2) is 0 Å². The molecule has 72 heavy (non-hydrogen) atoms. The van der Waals surface area contributed by atoms with Gasteiger partial charge < -0.3 is 18.9 Å². The molecule has 11 rings (SSSR count). The summed E-state index contributed by atoms with van der Waals surface area (Å²) < 4.78 is 34.5. The second-order valence-electron chi connectivity index (χ2n) is 17.3. The van der Waals surface area contributed by atoms with Gasteiger partial charge in [0.1, 0.15) is 23.0 Å². The van der Waals surface area contributed by atoms with Gasteiger partial charge in [0, 0.05) is 0 Å². The van der Waals surface area contributed by atoms with Crippen molar-refractivity contribution in [3.8, 4) is 39.8 Å². The van der Waals surface area contributed by atoms with Crippen LogP contribution in [0.25, 0.3) is 61.2 Å². The Morgan fingerprint density at radius 2 is 0.681 bits per heavy atom. The maximum absolute atomic E-state index is 5.57. The van der Waals surface area contributed by atoms with Gasteiger partial charge in [-0.05, 0) is 24.3 Å². The first-order chi connectivity index (χ1) is 35.5. The Balaban J connectivity index is 0.994. The number of nitrogens with zero attached hydrogens (tertiary/aromatic N) is 3. The van der Waals surface area contributed by atoms with Gasteiger partial charge in [-0.2, -0.15) is 0 Å². The van der Waals surface area contributed by atoms with Crippen LogP contribution in [0.3, 0.4) is 0 Å². The molecule has 350 valence electrons. The van der Waals surface area contributed by atoms with Crippen LogP contribution in [0.2, 0.25) is 0 Å². The molecule has 0 fully saturated rings. The number of methoxy groups -OCH3 is 4. The van der Waals surface area contributed by atoms with Crippen molar-refractivity contribution in [1.82, 2.24) is 12.5 Å². The van der Waals surface area contributed by atoms with Crippen LogP contribution in [0, 0.1) is 0 Å². The second kappa shape index (κ2) is 20.3. The average Bonchev–Trinajstić information content (AvgIpc) is 4.06. The first-order valence-corrected chi connectivity index (χ1v) is 25.2. The number of ether oxygens (including phenoxy) is 4. The molecule has 8 heteroatoms. The molecule has 0 aliphatic carbocycles. The molecule has 0 spiro atoms. The summed E-state index contributed by atoms with van der Waals surface area (Å²) in [6.07, 6.45) is 0. The number of aromatic nitrogens is 3. The quantitative estimate of drug-likeness (QED) is 0.0799. The van der Waals surface area contributed by atoms with Crippen molar-refractivity contribution in [3.05, 3.63) is 269 Å². The fourth-order valence-electron chi connectivity index (χ4n) is 9.64. The number of hydrogen-bond donors (Lipinski definition) is 0. The minimum Gasteiger partial charge on any atom is -0.497 e. The predicted octanol–water partition coefficient (Wildman–Crippen LogP) is 14.3. The summed E-state index contributed by atoms with van der Waals surface area (Å²) in [5, 5.41) is 1.08. The SMILES string of the molecule is COc1ccc(C(=C(c2ccccc2)c2ccc(-c3ccc4c(c3)c3n[se]nc3n4-c3ccc(C(=C(c4ccc(OC)cc4)c4ccc(OC)cc4)c4ccccc4)cc3)cc2)c2ccc(OC)cc2)cc1. The van der Waals surface area contributed by atoms with E-state index in [4.69, 9.17) is 26.9 Å². The van der Waals surface area contributed by atoms with E-state index in [1.165, 1.54) is 0 Å². The Bertz CT molecular complexity index is 3610. The van der Waals surface area contributed by atoms with Gasteiger partial charge >= 0.3 is 291 Å². The third-order valence-electron chi connectivity index (χ3n) is 13.2. The van der Waals surface area contributed by atoms with Gasteiger partial charge in [0.25, 0.3) is 0 Å². The summed E-state index contributed by atoms with van der Waals surface area (Å²) in [4.78, 5) is 0. The van der Waals surface area contributed by atoms with Crippen molar-refractivity contribution >= 4 is 59.3 Å². The summed E-state index contributed by atoms with van der Waals surface area (Å²) in [6.45, 7) is 0. The third-order valence-corrected chi connectivity index (χ3v) is 14.3. The summed E-state index contributed by atoms with van der Waals surface area (Å²) in [5.41, 5.74) is 19.3. The Morgan fingerprint density at radius 3 is 1.06 bits per heavy atom. The first kappa shape index (κ1) is 45.7. The van der Waals surface area contributed by atoms with E-state index in [0.29, 0.717) is 0 Å². The second-order valence-corrected chi connectivity index (χ2v) is 18.4. The van der Waals surface area contributed by atoms with Crippen LogP contribution in [-0.4, -0.2) is 55.9 Å². The van der Waals surface area contributed by atoms with Gasteiger partial charge in [0.15, 0.2) is 0 Å². The van der Waals surface area contributed by atoms with Gasteiger partial charge in [0.05, 0.1) is 28.4 Å². The van der Waals surface area contributed by atoms with Crippen LogP contribution >= 0.6 is 0 Å². The molecular weight excluding hydrogens is 954 g/mol. The minimum absolute atomic E-state index is 0.237. The van der Waals surface area contributed by atoms with E-state index < -0.39 is 0 Å². The average molecular weight is 1000 g/mol. The van der Waals surface area contributed by atoms with Gasteiger partial charge in [-0.3, -0.25) is 0 Å². The summed E-state index contributed by atoms with van der Waals surface area (Å²) in [6, 6.07) is 78.9. The van der Waals surface area contributed by atoms with Crippen molar-refractivity contribution < 1.29 is 18.9 Å². The standard InChI is InChI=1S/C64H49N3O4Se/c1-68-53-32-21-47(22-33-53)61(48-23-34-54(69-2)35-24-48)59(43-11-7-5-8-12-43)45-17-15-42(16-18-45)51-29-40-58-57(41-51)63-64(66-72-65-63)67(58)52-30-19-46(20-31-52)60(44-13-9-6-10-14-44)62(49-25-36-55(70-3)37-26-49)50-27-38-56(71-4)39-28-50/h5-41H,1-4H3. The van der Waals surface area contributed by atoms with Gasteiger partial charge in [-0.1, -0.05) is 42.5 Å². The molecule has 0 bridgehead atoms. The van der Waals surface area contributed by atoms with Crippen molar-refractivity contribution in [3.63, 3.8) is 0 Å². The Morgan fingerprint density at radius 1 is 0.347 bits per heavy atom. The molecule has 0 amide bonds. The summed E-state index contributed by atoms with van der Waals surface area (Å²) in [5.74, 6) is 3.23. The number of rotatable bonds is 14. The van der Waals surface area contributed by atoms with E-state index in [1.807, 2.05) is 48.5 Å². The molecule has 0 radical (unpaired) electrons. The monoisotopic (exact) mass is 1000 g/mol.